The molecule has 0 fully saturated rings. The van der Waals surface area contributed by atoms with Crippen molar-refractivity contribution in [1.29, 1.82) is 0 Å². The molecule has 0 N–H and O–H groups in total. The molecular formula is C20H23NO3S. The van der Waals surface area contributed by atoms with Crippen molar-refractivity contribution in [2.75, 3.05) is 11.4 Å². The predicted octanol–water partition coefficient (Wildman–Crippen LogP) is 4.42. The van der Waals surface area contributed by atoms with E-state index < -0.39 is 16.1 Å². The van der Waals surface area contributed by atoms with E-state index in [0.29, 0.717) is 17.0 Å². The third-order valence-corrected chi connectivity index (χ3v) is 5.90. The van der Waals surface area contributed by atoms with Crippen LogP contribution in [0.2, 0.25) is 0 Å². The SMILES string of the molecule is C=Cc1cc(OC)ccc1N(C(C)C=C)S(=O)(=O)c1ccc(C)cc1. The zero-order valence-electron chi connectivity index (χ0n) is 14.8. The van der Waals surface area contributed by atoms with E-state index >= 15 is 0 Å². The summed E-state index contributed by atoms with van der Waals surface area (Å²) in [6.07, 6.45) is 3.22. The van der Waals surface area contributed by atoms with Gasteiger partial charge in [0.15, 0.2) is 0 Å². The second-order valence-electron chi connectivity index (χ2n) is 5.72. The Morgan fingerprint density at radius 3 is 2.28 bits per heavy atom. The molecule has 4 nitrogen and oxygen atoms in total. The minimum Gasteiger partial charge on any atom is -0.497 e. The van der Waals surface area contributed by atoms with Gasteiger partial charge in [-0.2, -0.15) is 0 Å². The maximum absolute atomic E-state index is 13.3. The Labute approximate surface area is 150 Å². The maximum Gasteiger partial charge on any atom is 0.264 e. The Morgan fingerprint density at radius 2 is 1.76 bits per heavy atom. The van der Waals surface area contributed by atoms with Crippen molar-refractivity contribution in [2.45, 2.75) is 24.8 Å². The van der Waals surface area contributed by atoms with Gasteiger partial charge in [-0.25, -0.2) is 8.42 Å². The minimum atomic E-state index is -3.76. The molecule has 0 bridgehead atoms. The molecule has 1 unspecified atom stereocenters. The molecule has 0 saturated carbocycles. The molecule has 0 radical (unpaired) electrons. The van der Waals surface area contributed by atoms with Crippen molar-refractivity contribution >= 4 is 21.8 Å². The fourth-order valence-electron chi connectivity index (χ4n) is 2.51. The molecule has 1 atom stereocenters. The second-order valence-corrected chi connectivity index (χ2v) is 7.53. The van der Waals surface area contributed by atoms with Crippen LogP contribution in [0.3, 0.4) is 0 Å². The van der Waals surface area contributed by atoms with Crippen molar-refractivity contribution in [2.24, 2.45) is 0 Å². The van der Waals surface area contributed by atoms with Gasteiger partial charge in [-0.05, 0) is 44.2 Å². The van der Waals surface area contributed by atoms with Gasteiger partial charge >= 0.3 is 0 Å². The van der Waals surface area contributed by atoms with Gasteiger partial charge in [-0.3, -0.25) is 4.31 Å². The van der Waals surface area contributed by atoms with Gasteiger partial charge in [0, 0.05) is 5.56 Å². The van der Waals surface area contributed by atoms with Crippen LogP contribution in [-0.2, 0) is 10.0 Å². The zero-order chi connectivity index (χ0) is 18.6. The molecule has 0 aliphatic heterocycles. The van der Waals surface area contributed by atoms with E-state index in [9.17, 15) is 8.42 Å². The first-order valence-electron chi connectivity index (χ1n) is 7.89. The van der Waals surface area contributed by atoms with Gasteiger partial charge in [-0.15, -0.1) is 6.58 Å². The van der Waals surface area contributed by atoms with Crippen molar-refractivity contribution in [3.63, 3.8) is 0 Å². The number of anilines is 1. The molecule has 2 aromatic carbocycles. The number of hydrogen-bond acceptors (Lipinski definition) is 3. The first kappa shape index (κ1) is 18.8. The van der Waals surface area contributed by atoms with E-state index in [1.807, 2.05) is 6.92 Å². The Morgan fingerprint density at radius 1 is 1.12 bits per heavy atom. The molecule has 0 spiro atoms. The number of sulfonamides is 1. The average Bonchev–Trinajstić information content (AvgIpc) is 2.62. The predicted molar refractivity (Wildman–Crippen MR) is 104 cm³/mol. The highest BCUT2D eigenvalue weighted by Crippen LogP contribution is 2.32. The van der Waals surface area contributed by atoms with Crippen LogP contribution in [-0.4, -0.2) is 21.6 Å². The van der Waals surface area contributed by atoms with Gasteiger partial charge in [-0.1, -0.05) is 36.4 Å². The standard InChI is InChI=1S/C20H23NO3S/c1-6-16(4)21(20-13-10-18(24-5)14-17(20)7-2)25(22,23)19-11-8-15(3)9-12-19/h6-14,16H,1-2H2,3-5H3. The fraction of sp³-hybridized carbons (Fsp3) is 0.200. The number of ether oxygens (including phenoxy) is 1. The Kier molecular flexibility index (Phi) is 5.69. The van der Waals surface area contributed by atoms with E-state index in [1.54, 1.807) is 68.7 Å². The first-order valence-corrected chi connectivity index (χ1v) is 9.33. The van der Waals surface area contributed by atoms with Gasteiger partial charge in [0.05, 0.1) is 23.7 Å². The number of nitrogens with zero attached hydrogens (tertiary/aromatic N) is 1. The summed E-state index contributed by atoms with van der Waals surface area (Å²) in [6, 6.07) is 11.6. The van der Waals surface area contributed by atoms with Crippen LogP contribution in [0.5, 0.6) is 5.75 Å². The van der Waals surface area contributed by atoms with Crippen molar-refractivity contribution in [3.05, 3.63) is 72.8 Å². The Balaban J connectivity index is 2.67. The molecule has 0 aliphatic rings. The number of aryl methyl sites for hydroxylation is 1. The lowest BCUT2D eigenvalue weighted by atomic mass is 10.1. The largest absolute Gasteiger partial charge is 0.497 e. The molecule has 132 valence electrons. The lowest BCUT2D eigenvalue weighted by Gasteiger charge is -2.30. The smallest absolute Gasteiger partial charge is 0.264 e. The zero-order valence-corrected chi connectivity index (χ0v) is 15.6. The third-order valence-electron chi connectivity index (χ3n) is 3.98. The topological polar surface area (TPSA) is 46.6 Å². The summed E-state index contributed by atoms with van der Waals surface area (Å²) < 4.78 is 33.1. The van der Waals surface area contributed by atoms with E-state index in [1.165, 1.54) is 4.31 Å². The highest BCUT2D eigenvalue weighted by molar-refractivity contribution is 7.92. The quantitative estimate of drug-likeness (QED) is 0.689. The van der Waals surface area contributed by atoms with Crippen molar-refractivity contribution < 1.29 is 13.2 Å². The van der Waals surface area contributed by atoms with Crippen LogP contribution >= 0.6 is 0 Å². The molecule has 25 heavy (non-hydrogen) atoms. The van der Waals surface area contributed by atoms with Gasteiger partial charge in [0.2, 0.25) is 0 Å². The number of benzene rings is 2. The second kappa shape index (κ2) is 7.57. The lowest BCUT2D eigenvalue weighted by Crippen LogP contribution is -2.38. The van der Waals surface area contributed by atoms with E-state index in [4.69, 9.17) is 4.74 Å². The van der Waals surface area contributed by atoms with E-state index in [2.05, 4.69) is 13.2 Å². The van der Waals surface area contributed by atoms with Crippen LogP contribution in [0.4, 0.5) is 5.69 Å². The van der Waals surface area contributed by atoms with Crippen molar-refractivity contribution in [1.82, 2.24) is 0 Å². The van der Waals surface area contributed by atoms with E-state index in [0.717, 1.165) is 5.56 Å². The first-order chi connectivity index (χ1) is 11.8. The molecule has 0 aromatic heterocycles. The van der Waals surface area contributed by atoms with Crippen LogP contribution in [0, 0.1) is 6.92 Å². The molecule has 5 heteroatoms. The summed E-state index contributed by atoms with van der Waals surface area (Å²) in [4.78, 5) is 0.234. The molecular weight excluding hydrogens is 334 g/mol. The third kappa shape index (κ3) is 3.77. The maximum atomic E-state index is 13.3. The Bertz CT molecular complexity index is 870. The van der Waals surface area contributed by atoms with Gasteiger partial charge in [0.1, 0.15) is 5.75 Å². The average molecular weight is 357 g/mol. The molecule has 0 amide bonds. The normalized spacial score (nSPS) is 12.3. The summed E-state index contributed by atoms with van der Waals surface area (Å²) in [7, 11) is -2.20. The summed E-state index contributed by atoms with van der Waals surface area (Å²) in [5.74, 6) is 0.637. The van der Waals surface area contributed by atoms with E-state index in [-0.39, 0.29) is 4.90 Å². The van der Waals surface area contributed by atoms with Crippen LogP contribution in [0.15, 0.2) is 66.6 Å². The van der Waals surface area contributed by atoms with Crippen LogP contribution < -0.4 is 9.04 Å². The number of hydrogen-bond donors (Lipinski definition) is 0. The van der Waals surface area contributed by atoms with Crippen LogP contribution in [0.25, 0.3) is 6.08 Å². The minimum absolute atomic E-state index is 0.234. The molecule has 0 heterocycles. The Hall–Kier alpha value is -2.53. The number of rotatable bonds is 7. The summed E-state index contributed by atoms with van der Waals surface area (Å²) in [5, 5.41) is 0. The molecule has 2 aromatic rings. The molecule has 0 saturated heterocycles. The van der Waals surface area contributed by atoms with Gasteiger partial charge in [0.25, 0.3) is 10.0 Å². The fourth-order valence-corrected chi connectivity index (χ4v) is 4.17. The molecule has 2 rings (SSSR count). The highest BCUT2D eigenvalue weighted by Gasteiger charge is 2.29. The van der Waals surface area contributed by atoms with Crippen molar-refractivity contribution in [3.8, 4) is 5.75 Å². The lowest BCUT2D eigenvalue weighted by molar-refractivity contribution is 0.414. The van der Waals surface area contributed by atoms with Gasteiger partial charge < -0.3 is 4.74 Å². The number of methoxy groups -OCH3 is 1. The van der Waals surface area contributed by atoms with Crippen LogP contribution in [0.1, 0.15) is 18.1 Å². The monoisotopic (exact) mass is 357 g/mol. The highest BCUT2D eigenvalue weighted by atomic mass is 32.2. The summed E-state index contributed by atoms with van der Waals surface area (Å²) in [5.41, 5.74) is 2.20. The molecule has 0 aliphatic carbocycles. The summed E-state index contributed by atoms with van der Waals surface area (Å²) >= 11 is 0. The summed E-state index contributed by atoms with van der Waals surface area (Å²) in [6.45, 7) is 11.3.